The molecule has 0 bridgehead atoms. The number of ether oxygens (including phenoxy) is 1. The van der Waals surface area contributed by atoms with Crippen molar-refractivity contribution in [2.75, 3.05) is 6.54 Å². The van der Waals surface area contributed by atoms with Crippen molar-refractivity contribution in [2.24, 2.45) is 5.92 Å². The number of pyridine rings is 1. The zero-order valence-corrected chi connectivity index (χ0v) is 17.0. The minimum Gasteiger partial charge on any atom is -0.488 e. The monoisotopic (exact) mass is 395 g/mol. The van der Waals surface area contributed by atoms with Gasteiger partial charge in [0.05, 0.1) is 35.3 Å². The number of halogens is 1. The molecule has 0 aromatic carbocycles. The topological polar surface area (TPSA) is 47.6 Å². The zero-order chi connectivity index (χ0) is 19.4. The van der Waals surface area contributed by atoms with E-state index in [0.29, 0.717) is 17.5 Å². The predicted octanol–water partition coefficient (Wildman–Crippen LogP) is 3.63. The van der Waals surface area contributed by atoms with Gasteiger partial charge in [-0.2, -0.15) is 10.2 Å². The number of aromatic nitrogens is 4. The SMILES string of the molecule is [B]N1CCn2nc(-c3cc(OC(C)C4CCC4)c4c(Cl)cnn4c3)c(C)c2C1. The van der Waals surface area contributed by atoms with E-state index in [1.54, 1.807) is 10.7 Å². The Labute approximate surface area is 170 Å². The first kappa shape index (κ1) is 18.1. The molecule has 0 amide bonds. The maximum Gasteiger partial charge on any atom is 0.183 e. The molecule has 0 spiro atoms. The summed E-state index contributed by atoms with van der Waals surface area (Å²) in [7, 11) is 6.01. The highest BCUT2D eigenvalue weighted by Gasteiger charge is 2.27. The van der Waals surface area contributed by atoms with Crippen molar-refractivity contribution in [3.63, 3.8) is 0 Å². The van der Waals surface area contributed by atoms with Crippen LogP contribution in [0.4, 0.5) is 0 Å². The van der Waals surface area contributed by atoms with Crippen LogP contribution in [0.3, 0.4) is 0 Å². The first-order valence-electron chi connectivity index (χ1n) is 9.91. The van der Waals surface area contributed by atoms with E-state index >= 15 is 0 Å². The minimum absolute atomic E-state index is 0.154. The standard InChI is InChI=1S/C20H23BClN5O/c1-12-17-11-25(21)6-7-26(17)24-19(12)15-8-18(28-13(2)14-4-3-5-14)20-16(22)9-23-27(20)10-15/h8-10,13-14H,3-7,11H2,1-2H3. The fourth-order valence-electron chi connectivity index (χ4n) is 4.21. The molecule has 0 N–H and O–H groups in total. The summed E-state index contributed by atoms with van der Waals surface area (Å²) in [5, 5.41) is 9.87. The van der Waals surface area contributed by atoms with Gasteiger partial charge in [0.15, 0.2) is 7.98 Å². The summed E-state index contributed by atoms with van der Waals surface area (Å²) in [4.78, 5) is 1.83. The molecule has 5 rings (SSSR count). The Kier molecular flexibility index (Phi) is 4.40. The quantitative estimate of drug-likeness (QED) is 0.633. The van der Waals surface area contributed by atoms with Crippen LogP contribution >= 0.6 is 11.6 Å². The molecule has 3 aromatic heterocycles. The summed E-state index contributed by atoms with van der Waals surface area (Å²) in [5.74, 6) is 1.38. The van der Waals surface area contributed by atoms with Gasteiger partial charge in [0.1, 0.15) is 11.3 Å². The van der Waals surface area contributed by atoms with Crippen LogP contribution in [0, 0.1) is 12.8 Å². The van der Waals surface area contributed by atoms with Gasteiger partial charge < -0.3 is 9.55 Å². The Bertz CT molecular complexity index is 1040. The lowest BCUT2D eigenvalue weighted by molar-refractivity contribution is 0.1000. The number of hydrogen-bond acceptors (Lipinski definition) is 4. The van der Waals surface area contributed by atoms with E-state index in [9.17, 15) is 0 Å². The number of fused-ring (bicyclic) bond motifs is 2. The van der Waals surface area contributed by atoms with Crippen molar-refractivity contribution < 1.29 is 4.74 Å². The number of hydrogen-bond donors (Lipinski definition) is 0. The highest BCUT2D eigenvalue weighted by Crippen LogP contribution is 2.37. The van der Waals surface area contributed by atoms with Gasteiger partial charge in [0, 0.05) is 24.8 Å². The lowest BCUT2D eigenvalue weighted by Crippen LogP contribution is -2.32. The second kappa shape index (κ2) is 6.81. The van der Waals surface area contributed by atoms with Gasteiger partial charge in [-0.05, 0) is 44.2 Å². The molecule has 28 heavy (non-hydrogen) atoms. The predicted molar refractivity (Wildman–Crippen MR) is 110 cm³/mol. The number of nitrogens with zero attached hydrogens (tertiary/aromatic N) is 5. The molecule has 8 heteroatoms. The first-order valence-corrected chi connectivity index (χ1v) is 10.3. The molecule has 1 aliphatic heterocycles. The molecule has 1 atom stereocenters. The van der Waals surface area contributed by atoms with Gasteiger partial charge in [-0.15, -0.1) is 0 Å². The highest BCUT2D eigenvalue weighted by atomic mass is 35.5. The van der Waals surface area contributed by atoms with Gasteiger partial charge in [-0.25, -0.2) is 4.52 Å². The van der Waals surface area contributed by atoms with Crippen LogP contribution in [0.1, 0.15) is 37.4 Å². The molecule has 2 aliphatic rings. The Morgan fingerprint density at radius 2 is 2.14 bits per heavy atom. The summed E-state index contributed by atoms with van der Waals surface area (Å²) in [6.45, 7) is 6.55. The molecule has 3 aromatic rings. The van der Waals surface area contributed by atoms with E-state index in [1.165, 1.54) is 19.3 Å². The molecule has 6 nitrogen and oxygen atoms in total. The highest BCUT2D eigenvalue weighted by molar-refractivity contribution is 6.34. The van der Waals surface area contributed by atoms with Gasteiger partial charge in [-0.3, -0.25) is 4.68 Å². The molecule has 1 aliphatic carbocycles. The fourth-order valence-corrected chi connectivity index (χ4v) is 4.44. The van der Waals surface area contributed by atoms with E-state index in [1.807, 2.05) is 11.0 Å². The van der Waals surface area contributed by atoms with Crippen LogP contribution in [0.25, 0.3) is 16.8 Å². The van der Waals surface area contributed by atoms with Gasteiger partial charge >= 0.3 is 0 Å². The summed E-state index contributed by atoms with van der Waals surface area (Å²) < 4.78 is 10.2. The van der Waals surface area contributed by atoms with Gasteiger partial charge in [0.2, 0.25) is 0 Å². The average Bonchev–Trinajstić information content (AvgIpc) is 3.14. The van der Waals surface area contributed by atoms with E-state index in [-0.39, 0.29) is 6.10 Å². The van der Waals surface area contributed by atoms with Crippen molar-refractivity contribution in [3.8, 4) is 17.0 Å². The van der Waals surface area contributed by atoms with Crippen LogP contribution in [-0.4, -0.2) is 44.8 Å². The molecular weight excluding hydrogens is 373 g/mol. The molecule has 1 unspecified atom stereocenters. The minimum atomic E-state index is 0.154. The van der Waals surface area contributed by atoms with Crippen molar-refractivity contribution in [1.29, 1.82) is 0 Å². The van der Waals surface area contributed by atoms with Crippen LogP contribution in [0.15, 0.2) is 18.5 Å². The molecule has 1 saturated carbocycles. The van der Waals surface area contributed by atoms with Crippen molar-refractivity contribution >= 4 is 25.1 Å². The Hall–Kier alpha value is -1.99. The fraction of sp³-hybridized carbons (Fsp3) is 0.500. The third kappa shape index (κ3) is 2.92. The van der Waals surface area contributed by atoms with Crippen molar-refractivity contribution in [2.45, 2.75) is 52.3 Å². The average molecular weight is 396 g/mol. The van der Waals surface area contributed by atoms with E-state index < -0.39 is 0 Å². The molecular formula is C20H23BClN5O. The van der Waals surface area contributed by atoms with E-state index in [0.717, 1.165) is 46.9 Å². The van der Waals surface area contributed by atoms with Crippen LogP contribution in [0.2, 0.25) is 5.02 Å². The third-order valence-corrected chi connectivity index (χ3v) is 6.48. The maximum atomic E-state index is 6.41. The zero-order valence-electron chi connectivity index (χ0n) is 16.2. The lowest BCUT2D eigenvalue weighted by Gasteiger charge is -2.31. The number of rotatable bonds is 4. The second-order valence-corrected chi connectivity index (χ2v) is 8.41. The first-order chi connectivity index (χ1) is 13.5. The summed E-state index contributed by atoms with van der Waals surface area (Å²) in [6, 6.07) is 2.06. The normalized spacial score (nSPS) is 18.8. The van der Waals surface area contributed by atoms with E-state index in [4.69, 9.17) is 29.4 Å². The van der Waals surface area contributed by atoms with E-state index in [2.05, 4.69) is 29.7 Å². The maximum absolute atomic E-state index is 6.41. The second-order valence-electron chi connectivity index (χ2n) is 8.01. The summed E-state index contributed by atoms with van der Waals surface area (Å²) in [5.41, 5.74) is 5.04. The Morgan fingerprint density at radius 1 is 1.32 bits per heavy atom. The largest absolute Gasteiger partial charge is 0.488 e. The Morgan fingerprint density at radius 3 is 2.89 bits per heavy atom. The Balaban J connectivity index is 1.59. The summed E-state index contributed by atoms with van der Waals surface area (Å²) >= 11 is 6.41. The molecule has 4 heterocycles. The van der Waals surface area contributed by atoms with Crippen molar-refractivity contribution in [3.05, 3.63) is 34.7 Å². The van der Waals surface area contributed by atoms with Crippen molar-refractivity contribution in [1.82, 2.24) is 24.2 Å². The van der Waals surface area contributed by atoms with Crippen LogP contribution in [0.5, 0.6) is 5.75 Å². The van der Waals surface area contributed by atoms with Crippen LogP contribution in [-0.2, 0) is 13.1 Å². The van der Waals surface area contributed by atoms with Crippen LogP contribution < -0.4 is 4.74 Å². The lowest BCUT2D eigenvalue weighted by atomic mass is 9.82. The molecule has 2 radical (unpaired) electrons. The molecule has 144 valence electrons. The van der Waals surface area contributed by atoms with Gasteiger partial charge in [0.25, 0.3) is 0 Å². The van der Waals surface area contributed by atoms with Gasteiger partial charge in [-0.1, -0.05) is 18.0 Å². The smallest absolute Gasteiger partial charge is 0.183 e. The summed E-state index contributed by atoms with van der Waals surface area (Å²) in [6.07, 6.45) is 7.54. The molecule has 0 saturated heterocycles. The third-order valence-electron chi connectivity index (χ3n) is 6.20. The molecule has 1 fully saturated rings.